The van der Waals surface area contributed by atoms with Crippen molar-refractivity contribution in [2.75, 3.05) is 11.5 Å². The van der Waals surface area contributed by atoms with Gasteiger partial charge in [-0.2, -0.15) is 24.4 Å². The number of rotatable bonds is 4. The first-order valence-electron chi connectivity index (χ1n) is 5.05. The minimum Gasteiger partial charge on any atom is -0.179 e. The van der Waals surface area contributed by atoms with Gasteiger partial charge in [-0.05, 0) is 30.3 Å². The van der Waals surface area contributed by atoms with Gasteiger partial charge in [-0.3, -0.25) is 0 Å². The highest BCUT2D eigenvalue weighted by molar-refractivity contribution is 7.99. The van der Waals surface area contributed by atoms with Crippen molar-refractivity contribution in [2.45, 2.75) is 44.3 Å². The lowest BCUT2D eigenvalue weighted by molar-refractivity contribution is 0.515. The Bertz CT molecular complexity index is 108. The predicted octanol–water partition coefficient (Wildman–Crippen LogP) is 3.62. The van der Waals surface area contributed by atoms with E-state index in [0.29, 0.717) is 0 Å². The van der Waals surface area contributed by atoms with Crippen LogP contribution in [0.1, 0.15) is 39.0 Å². The molecular formula is C10H20S2. The van der Waals surface area contributed by atoms with E-state index in [1.54, 1.807) is 0 Å². The van der Waals surface area contributed by atoms with Gasteiger partial charge in [0.2, 0.25) is 0 Å². The molecule has 1 aliphatic rings. The maximum absolute atomic E-state index is 4.30. The average Bonchev–Trinajstić information content (AvgIpc) is 2.16. The molecule has 0 aromatic heterocycles. The van der Waals surface area contributed by atoms with Crippen molar-refractivity contribution in [2.24, 2.45) is 5.92 Å². The van der Waals surface area contributed by atoms with E-state index in [0.717, 1.165) is 16.9 Å². The molecule has 0 radical (unpaired) electrons. The lowest BCUT2D eigenvalue weighted by atomic mass is 10.0. The van der Waals surface area contributed by atoms with E-state index in [9.17, 15) is 0 Å². The Labute approximate surface area is 86.3 Å². The Morgan fingerprint density at radius 3 is 2.58 bits per heavy atom. The normalized spacial score (nSPS) is 22.5. The van der Waals surface area contributed by atoms with Gasteiger partial charge in [0.15, 0.2) is 0 Å². The molecule has 0 saturated heterocycles. The molecule has 0 heterocycles. The van der Waals surface area contributed by atoms with Gasteiger partial charge in [-0.25, -0.2) is 0 Å². The molecule has 0 bridgehead atoms. The Hall–Kier alpha value is 0.700. The van der Waals surface area contributed by atoms with E-state index >= 15 is 0 Å². The largest absolute Gasteiger partial charge is 0.179 e. The standard InChI is InChI=1S/C10H20S2/c1-9(7-11)8-12-10-5-3-2-4-6-10/h9-11H,2-8H2,1H3. The molecule has 2 heteroatoms. The molecule has 0 aromatic rings. The van der Waals surface area contributed by atoms with Crippen LogP contribution in [0.2, 0.25) is 0 Å². The van der Waals surface area contributed by atoms with Crippen molar-refractivity contribution in [1.29, 1.82) is 0 Å². The van der Waals surface area contributed by atoms with Gasteiger partial charge in [-0.15, -0.1) is 0 Å². The zero-order chi connectivity index (χ0) is 8.81. The first kappa shape index (κ1) is 10.8. The van der Waals surface area contributed by atoms with Crippen LogP contribution in [-0.2, 0) is 0 Å². The maximum atomic E-state index is 4.30. The van der Waals surface area contributed by atoms with E-state index in [4.69, 9.17) is 0 Å². The summed E-state index contributed by atoms with van der Waals surface area (Å²) in [7, 11) is 0. The molecular weight excluding hydrogens is 184 g/mol. The fourth-order valence-electron chi connectivity index (χ4n) is 1.58. The highest BCUT2D eigenvalue weighted by atomic mass is 32.2. The Kier molecular flexibility index (Phi) is 5.57. The summed E-state index contributed by atoms with van der Waals surface area (Å²) >= 11 is 6.48. The lowest BCUT2D eigenvalue weighted by Crippen LogP contribution is -2.11. The van der Waals surface area contributed by atoms with Crippen LogP contribution in [0.25, 0.3) is 0 Å². The van der Waals surface area contributed by atoms with E-state index in [2.05, 4.69) is 31.3 Å². The van der Waals surface area contributed by atoms with Crippen molar-refractivity contribution < 1.29 is 0 Å². The molecule has 1 rings (SSSR count). The first-order valence-corrected chi connectivity index (χ1v) is 6.73. The summed E-state index contributed by atoms with van der Waals surface area (Å²) in [5.74, 6) is 3.15. The van der Waals surface area contributed by atoms with Crippen LogP contribution in [0, 0.1) is 5.92 Å². The van der Waals surface area contributed by atoms with Gasteiger partial charge in [0, 0.05) is 5.25 Å². The summed E-state index contributed by atoms with van der Waals surface area (Å²) in [6.45, 7) is 2.29. The SMILES string of the molecule is CC(CS)CSC1CCCCC1. The molecule has 1 saturated carbocycles. The van der Waals surface area contributed by atoms with Crippen LogP contribution in [-0.4, -0.2) is 16.8 Å². The lowest BCUT2D eigenvalue weighted by Gasteiger charge is -2.22. The summed E-state index contributed by atoms with van der Waals surface area (Å²) in [5.41, 5.74) is 0. The third-order valence-corrected chi connectivity index (χ3v) is 4.81. The summed E-state index contributed by atoms with van der Waals surface area (Å²) in [5, 5.41) is 0.973. The van der Waals surface area contributed by atoms with E-state index in [1.807, 2.05) is 0 Å². The van der Waals surface area contributed by atoms with Gasteiger partial charge < -0.3 is 0 Å². The zero-order valence-electron chi connectivity index (χ0n) is 7.96. The molecule has 0 N–H and O–H groups in total. The Balaban J connectivity index is 2.05. The second kappa shape index (κ2) is 6.20. The molecule has 72 valence electrons. The van der Waals surface area contributed by atoms with Crippen LogP contribution in [0.3, 0.4) is 0 Å². The summed E-state index contributed by atoms with van der Waals surface area (Å²) in [4.78, 5) is 0. The summed E-state index contributed by atoms with van der Waals surface area (Å²) in [6, 6.07) is 0. The Morgan fingerprint density at radius 1 is 1.33 bits per heavy atom. The van der Waals surface area contributed by atoms with Crippen molar-refractivity contribution in [3.63, 3.8) is 0 Å². The highest BCUT2D eigenvalue weighted by Gasteiger charge is 2.14. The number of thiol groups is 1. The van der Waals surface area contributed by atoms with Crippen molar-refractivity contribution in [3.8, 4) is 0 Å². The minimum absolute atomic E-state index is 0.792. The summed E-state index contributed by atoms with van der Waals surface area (Å²) in [6.07, 6.45) is 7.33. The van der Waals surface area contributed by atoms with E-state index < -0.39 is 0 Å². The fourth-order valence-corrected chi connectivity index (χ4v) is 3.27. The minimum atomic E-state index is 0.792. The monoisotopic (exact) mass is 204 g/mol. The molecule has 0 nitrogen and oxygen atoms in total. The molecule has 0 aromatic carbocycles. The molecule has 1 fully saturated rings. The molecule has 0 spiro atoms. The highest BCUT2D eigenvalue weighted by Crippen LogP contribution is 2.29. The fraction of sp³-hybridized carbons (Fsp3) is 1.00. The number of thioether (sulfide) groups is 1. The summed E-state index contributed by atoms with van der Waals surface area (Å²) < 4.78 is 0. The quantitative estimate of drug-likeness (QED) is 0.683. The second-order valence-corrected chi connectivity index (χ2v) is 5.58. The van der Waals surface area contributed by atoms with Crippen molar-refractivity contribution in [3.05, 3.63) is 0 Å². The van der Waals surface area contributed by atoms with Gasteiger partial charge >= 0.3 is 0 Å². The number of hydrogen-bond donors (Lipinski definition) is 1. The molecule has 1 unspecified atom stereocenters. The molecule has 12 heavy (non-hydrogen) atoms. The number of hydrogen-bond acceptors (Lipinski definition) is 2. The second-order valence-electron chi connectivity index (χ2n) is 3.88. The van der Waals surface area contributed by atoms with E-state index in [1.165, 1.54) is 37.9 Å². The first-order chi connectivity index (χ1) is 5.83. The third kappa shape index (κ3) is 4.08. The van der Waals surface area contributed by atoms with Crippen LogP contribution >= 0.6 is 24.4 Å². The van der Waals surface area contributed by atoms with Crippen LogP contribution < -0.4 is 0 Å². The predicted molar refractivity (Wildman–Crippen MR) is 62.3 cm³/mol. The topological polar surface area (TPSA) is 0 Å². The van der Waals surface area contributed by atoms with Gasteiger partial charge in [0.05, 0.1) is 0 Å². The molecule has 1 atom stereocenters. The van der Waals surface area contributed by atoms with Crippen molar-refractivity contribution >= 4 is 24.4 Å². The van der Waals surface area contributed by atoms with Gasteiger partial charge in [0.1, 0.15) is 0 Å². The molecule has 1 aliphatic carbocycles. The van der Waals surface area contributed by atoms with E-state index in [-0.39, 0.29) is 0 Å². The maximum Gasteiger partial charge on any atom is 0.00471 e. The van der Waals surface area contributed by atoms with Crippen LogP contribution in [0.15, 0.2) is 0 Å². The Morgan fingerprint density at radius 2 is 2.00 bits per heavy atom. The molecule has 0 aliphatic heterocycles. The van der Waals surface area contributed by atoms with Crippen molar-refractivity contribution in [1.82, 2.24) is 0 Å². The smallest absolute Gasteiger partial charge is 0.00471 e. The van der Waals surface area contributed by atoms with Gasteiger partial charge in [-0.1, -0.05) is 26.2 Å². The van der Waals surface area contributed by atoms with Crippen LogP contribution in [0.4, 0.5) is 0 Å². The third-order valence-electron chi connectivity index (χ3n) is 2.48. The van der Waals surface area contributed by atoms with Gasteiger partial charge in [0.25, 0.3) is 0 Å². The molecule has 0 amide bonds. The zero-order valence-corrected chi connectivity index (χ0v) is 9.67. The average molecular weight is 204 g/mol. The van der Waals surface area contributed by atoms with Crippen LogP contribution in [0.5, 0.6) is 0 Å².